The third-order valence-electron chi connectivity index (χ3n) is 5.44. The van der Waals surface area contributed by atoms with Crippen molar-refractivity contribution in [1.29, 1.82) is 0 Å². The van der Waals surface area contributed by atoms with Gasteiger partial charge >= 0.3 is 11.9 Å². The fourth-order valence-corrected chi connectivity index (χ4v) is 3.72. The molecule has 0 aliphatic heterocycles. The molecule has 0 radical (unpaired) electrons. The Labute approximate surface area is 183 Å². The number of rotatable bonds is 10. The topological polar surface area (TPSA) is 115 Å². The lowest BCUT2D eigenvalue weighted by atomic mass is 9.89. The van der Waals surface area contributed by atoms with E-state index in [9.17, 15) is 19.8 Å². The average molecular weight is 429 g/mol. The highest BCUT2D eigenvalue weighted by Gasteiger charge is 2.18. The molecule has 0 aromatic heterocycles. The molecule has 0 saturated carbocycles. The minimum atomic E-state index is -0.883. The van der Waals surface area contributed by atoms with E-state index in [1.165, 1.54) is 0 Å². The summed E-state index contributed by atoms with van der Waals surface area (Å²) < 4.78 is 0. The van der Waals surface area contributed by atoms with Crippen LogP contribution in [-0.4, -0.2) is 32.4 Å². The second kappa shape index (κ2) is 10.3. The quantitative estimate of drug-likeness (QED) is 0.425. The van der Waals surface area contributed by atoms with Crippen LogP contribution in [0, 0.1) is 0 Å². The van der Waals surface area contributed by atoms with Crippen LogP contribution >= 0.6 is 0 Å². The van der Waals surface area contributed by atoms with Crippen molar-refractivity contribution in [3.05, 3.63) is 57.6 Å². The molecule has 0 atom stereocenters. The normalized spacial score (nSPS) is 11.3. The molecule has 0 fully saturated rings. The van der Waals surface area contributed by atoms with Crippen LogP contribution in [0.5, 0.6) is 11.5 Å². The summed E-state index contributed by atoms with van der Waals surface area (Å²) in [6.45, 7) is 7.84. The highest BCUT2D eigenvalue weighted by molar-refractivity contribution is 5.67. The summed E-state index contributed by atoms with van der Waals surface area (Å²) in [4.78, 5) is 22.0. The Morgan fingerprint density at radius 2 is 1.06 bits per heavy atom. The minimum Gasteiger partial charge on any atom is -0.507 e. The molecule has 0 spiro atoms. The summed E-state index contributed by atoms with van der Waals surface area (Å²) in [6.07, 6.45) is 0.956. The Morgan fingerprint density at radius 3 is 1.35 bits per heavy atom. The van der Waals surface area contributed by atoms with E-state index in [1.807, 2.05) is 39.8 Å². The van der Waals surface area contributed by atoms with Gasteiger partial charge in [-0.25, -0.2) is 0 Å². The zero-order chi connectivity index (χ0) is 23.3. The molecule has 0 saturated heterocycles. The number of carboxylic acid groups (broad SMARTS) is 2. The van der Waals surface area contributed by atoms with Crippen LogP contribution < -0.4 is 0 Å². The Morgan fingerprint density at radius 1 is 0.710 bits per heavy atom. The lowest BCUT2D eigenvalue weighted by Crippen LogP contribution is -2.04. The van der Waals surface area contributed by atoms with E-state index in [0.29, 0.717) is 24.0 Å². The maximum absolute atomic E-state index is 11.0. The third-order valence-corrected chi connectivity index (χ3v) is 5.44. The van der Waals surface area contributed by atoms with Gasteiger partial charge in [-0.2, -0.15) is 0 Å². The number of aliphatic carboxylic acids is 2. The molecule has 0 bridgehead atoms. The average Bonchev–Trinajstić information content (AvgIpc) is 2.67. The molecular formula is C25H32O6. The lowest BCUT2D eigenvalue weighted by Gasteiger charge is -2.18. The first-order chi connectivity index (χ1) is 14.5. The Bertz CT molecular complexity index is 881. The van der Waals surface area contributed by atoms with Gasteiger partial charge in [0.1, 0.15) is 11.5 Å². The van der Waals surface area contributed by atoms with Crippen LogP contribution in [0.4, 0.5) is 0 Å². The largest absolute Gasteiger partial charge is 0.507 e. The number of aromatic hydroxyl groups is 2. The molecule has 0 heterocycles. The number of phenolic OH excluding ortho intramolecular Hbond substituents is 2. The van der Waals surface area contributed by atoms with E-state index in [0.717, 1.165) is 22.3 Å². The van der Waals surface area contributed by atoms with Crippen molar-refractivity contribution in [2.24, 2.45) is 0 Å². The second-order valence-corrected chi connectivity index (χ2v) is 8.66. The van der Waals surface area contributed by atoms with E-state index in [2.05, 4.69) is 0 Å². The summed E-state index contributed by atoms with van der Waals surface area (Å²) in [5.74, 6) is -1.38. The van der Waals surface area contributed by atoms with Crippen LogP contribution in [0.15, 0.2) is 24.3 Å². The van der Waals surface area contributed by atoms with Gasteiger partial charge in [0.15, 0.2) is 0 Å². The first-order valence-electron chi connectivity index (χ1n) is 10.6. The van der Waals surface area contributed by atoms with Gasteiger partial charge in [-0.1, -0.05) is 52.0 Å². The fourth-order valence-electron chi connectivity index (χ4n) is 3.72. The number of carbonyl (C=O) groups is 2. The number of aryl methyl sites for hydroxylation is 2. The predicted molar refractivity (Wildman–Crippen MR) is 119 cm³/mol. The van der Waals surface area contributed by atoms with Crippen molar-refractivity contribution >= 4 is 11.9 Å². The maximum atomic E-state index is 11.0. The van der Waals surface area contributed by atoms with Gasteiger partial charge in [0.25, 0.3) is 0 Å². The van der Waals surface area contributed by atoms with E-state index >= 15 is 0 Å². The van der Waals surface area contributed by atoms with E-state index in [-0.39, 0.29) is 42.6 Å². The molecule has 31 heavy (non-hydrogen) atoms. The highest BCUT2D eigenvalue weighted by atomic mass is 16.4. The van der Waals surface area contributed by atoms with E-state index in [1.54, 1.807) is 12.1 Å². The SMILES string of the molecule is CC(C)c1cc(CCC(=O)O)cc(Cc2cc(CCC(=O)O)cc(C(C)C)c2O)c1O. The number of phenols is 2. The zero-order valence-corrected chi connectivity index (χ0v) is 18.6. The number of hydrogen-bond donors (Lipinski definition) is 4. The van der Waals surface area contributed by atoms with Crippen molar-refractivity contribution in [2.75, 3.05) is 0 Å². The van der Waals surface area contributed by atoms with Gasteiger partial charge < -0.3 is 20.4 Å². The molecule has 6 nitrogen and oxygen atoms in total. The summed E-state index contributed by atoms with van der Waals surface area (Å²) >= 11 is 0. The van der Waals surface area contributed by atoms with E-state index < -0.39 is 11.9 Å². The number of benzene rings is 2. The van der Waals surface area contributed by atoms with Crippen molar-refractivity contribution in [3.8, 4) is 11.5 Å². The zero-order valence-electron chi connectivity index (χ0n) is 18.6. The second-order valence-electron chi connectivity index (χ2n) is 8.66. The monoisotopic (exact) mass is 428 g/mol. The van der Waals surface area contributed by atoms with Crippen molar-refractivity contribution in [2.45, 2.75) is 71.6 Å². The smallest absolute Gasteiger partial charge is 0.303 e. The van der Waals surface area contributed by atoms with Gasteiger partial charge in [0.05, 0.1) is 0 Å². The third kappa shape index (κ3) is 6.48. The van der Waals surface area contributed by atoms with Crippen LogP contribution in [0.3, 0.4) is 0 Å². The molecule has 0 aliphatic carbocycles. The van der Waals surface area contributed by atoms with Gasteiger partial charge in [-0.15, -0.1) is 0 Å². The van der Waals surface area contributed by atoms with Gasteiger partial charge in [-0.3, -0.25) is 9.59 Å². The van der Waals surface area contributed by atoms with Crippen LogP contribution in [-0.2, 0) is 28.9 Å². The van der Waals surface area contributed by atoms with E-state index in [4.69, 9.17) is 10.2 Å². The van der Waals surface area contributed by atoms with Crippen molar-refractivity contribution < 1.29 is 30.0 Å². The van der Waals surface area contributed by atoms with Gasteiger partial charge in [0, 0.05) is 19.3 Å². The fraction of sp³-hybridized carbons (Fsp3) is 0.440. The molecule has 2 aromatic carbocycles. The molecular weight excluding hydrogens is 396 g/mol. The van der Waals surface area contributed by atoms with Crippen LogP contribution in [0.25, 0.3) is 0 Å². The Balaban J connectivity index is 2.52. The van der Waals surface area contributed by atoms with Gasteiger partial charge in [-0.05, 0) is 58.1 Å². The molecule has 168 valence electrons. The van der Waals surface area contributed by atoms with Gasteiger partial charge in [0.2, 0.25) is 0 Å². The standard InChI is InChI=1S/C25H32O6/c1-14(2)20-11-16(5-7-22(26)27)9-18(24(20)30)13-19-10-17(6-8-23(28)29)12-21(15(3)4)25(19)31/h9-12,14-15,30-31H,5-8,13H2,1-4H3,(H,26,27)(H,28,29). The lowest BCUT2D eigenvalue weighted by molar-refractivity contribution is -0.138. The minimum absolute atomic E-state index is 0.00479. The molecule has 6 heteroatoms. The molecule has 2 aromatic rings. The summed E-state index contributed by atoms with van der Waals surface area (Å²) in [5.41, 5.74) is 4.36. The Hall–Kier alpha value is -3.02. The van der Waals surface area contributed by atoms with Crippen LogP contribution in [0.1, 0.15) is 85.8 Å². The highest BCUT2D eigenvalue weighted by Crippen LogP contribution is 2.37. The molecule has 0 aliphatic rings. The molecule has 0 amide bonds. The predicted octanol–water partition coefficient (Wildman–Crippen LogP) is 4.97. The van der Waals surface area contributed by atoms with Crippen molar-refractivity contribution in [3.63, 3.8) is 0 Å². The Kier molecular flexibility index (Phi) is 8.08. The number of carboxylic acids is 2. The first-order valence-corrected chi connectivity index (χ1v) is 10.6. The summed E-state index contributed by atoms with van der Waals surface area (Å²) in [6, 6.07) is 7.27. The summed E-state index contributed by atoms with van der Waals surface area (Å²) in [7, 11) is 0. The first kappa shape index (κ1) is 24.3. The number of hydrogen-bond acceptors (Lipinski definition) is 4. The maximum Gasteiger partial charge on any atom is 0.303 e. The van der Waals surface area contributed by atoms with Crippen LogP contribution in [0.2, 0.25) is 0 Å². The molecule has 2 rings (SSSR count). The van der Waals surface area contributed by atoms with Crippen molar-refractivity contribution in [1.82, 2.24) is 0 Å². The summed E-state index contributed by atoms with van der Waals surface area (Å²) in [5, 5.41) is 39.8. The molecule has 4 N–H and O–H groups in total. The molecule has 0 unspecified atom stereocenters.